The van der Waals surface area contributed by atoms with Crippen LogP contribution >= 0.6 is 0 Å². The van der Waals surface area contributed by atoms with E-state index in [-0.39, 0.29) is 12.2 Å². The number of aliphatic hydroxyl groups is 1. The fourth-order valence-corrected chi connectivity index (χ4v) is 2.58. The zero-order valence-corrected chi connectivity index (χ0v) is 14.2. The number of ether oxygens (including phenoxy) is 4. The Morgan fingerprint density at radius 2 is 2.00 bits per heavy atom. The van der Waals surface area contributed by atoms with Gasteiger partial charge < -0.3 is 24.1 Å². The van der Waals surface area contributed by atoms with Crippen LogP contribution in [0.25, 0.3) is 0 Å². The lowest BCUT2D eigenvalue weighted by molar-refractivity contribution is -0.158. The van der Waals surface area contributed by atoms with Crippen molar-refractivity contribution in [3.63, 3.8) is 0 Å². The molecule has 3 atom stereocenters. The van der Waals surface area contributed by atoms with Crippen molar-refractivity contribution in [1.82, 2.24) is 0 Å². The Labute approximate surface area is 142 Å². The molecule has 1 aliphatic rings. The van der Waals surface area contributed by atoms with Crippen LogP contribution in [0.1, 0.15) is 19.4 Å². The largest absolute Gasteiger partial charge is 0.466 e. The van der Waals surface area contributed by atoms with E-state index in [0.29, 0.717) is 6.61 Å². The first-order valence-corrected chi connectivity index (χ1v) is 7.76. The molecule has 0 saturated carbocycles. The molecule has 1 aromatic carbocycles. The highest BCUT2D eigenvalue weighted by molar-refractivity contribution is 5.88. The topological polar surface area (TPSA) is 74.2 Å². The van der Waals surface area contributed by atoms with Gasteiger partial charge in [0.1, 0.15) is 18.3 Å². The number of esters is 1. The summed E-state index contributed by atoms with van der Waals surface area (Å²) in [4.78, 5) is 11.6. The lowest BCUT2D eigenvalue weighted by Gasteiger charge is -2.23. The molecule has 1 N–H and O–H groups in total. The van der Waals surface area contributed by atoms with Gasteiger partial charge in [0.15, 0.2) is 5.79 Å². The van der Waals surface area contributed by atoms with Gasteiger partial charge in [0.2, 0.25) is 0 Å². The fourth-order valence-electron chi connectivity index (χ4n) is 2.58. The number of benzene rings is 1. The van der Waals surface area contributed by atoms with Crippen molar-refractivity contribution in [1.29, 1.82) is 0 Å². The summed E-state index contributed by atoms with van der Waals surface area (Å²) >= 11 is 0. The van der Waals surface area contributed by atoms with Crippen molar-refractivity contribution in [3.05, 3.63) is 48.0 Å². The van der Waals surface area contributed by atoms with Crippen molar-refractivity contribution in [2.75, 3.05) is 13.7 Å². The van der Waals surface area contributed by atoms with Crippen LogP contribution in [-0.4, -0.2) is 48.9 Å². The second kappa shape index (κ2) is 7.90. The first-order chi connectivity index (χ1) is 11.3. The predicted molar refractivity (Wildman–Crippen MR) is 87.1 cm³/mol. The molecule has 1 fully saturated rings. The lowest BCUT2D eigenvalue weighted by atomic mass is 10.0. The van der Waals surface area contributed by atoms with Crippen LogP contribution in [0.2, 0.25) is 0 Å². The average Bonchev–Trinajstić information content (AvgIpc) is 2.88. The Bertz CT molecular complexity index is 568. The molecule has 1 saturated heterocycles. The van der Waals surface area contributed by atoms with Crippen LogP contribution in [0.5, 0.6) is 0 Å². The zero-order chi connectivity index (χ0) is 17.7. The first-order valence-electron chi connectivity index (χ1n) is 7.76. The number of rotatable bonds is 7. The molecule has 1 heterocycles. The van der Waals surface area contributed by atoms with Gasteiger partial charge in [-0.15, -0.1) is 0 Å². The number of hydrogen-bond acceptors (Lipinski definition) is 6. The quantitative estimate of drug-likeness (QED) is 0.605. The minimum absolute atomic E-state index is 0.0724. The summed E-state index contributed by atoms with van der Waals surface area (Å²) in [6, 6.07) is 9.72. The molecule has 24 heavy (non-hydrogen) atoms. The molecule has 1 aromatic rings. The summed E-state index contributed by atoms with van der Waals surface area (Å²) in [7, 11) is 1.23. The first kappa shape index (κ1) is 18.6. The number of carbonyl (C=O) groups is 1. The molecule has 132 valence electrons. The molecule has 0 radical (unpaired) electrons. The maximum atomic E-state index is 11.6. The normalized spacial score (nSPS) is 23.7. The highest BCUT2D eigenvalue weighted by atomic mass is 16.8. The van der Waals surface area contributed by atoms with E-state index in [4.69, 9.17) is 14.2 Å². The number of carbonyl (C=O) groups excluding carboxylic acids is 1. The highest BCUT2D eigenvalue weighted by Gasteiger charge is 2.46. The standard InChI is InChI=1S/C18H24O6/c1-12(17(20)21-4)15(19)16-14(23-18(2,3)24-16)11-22-10-13-8-6-5-7-9-13/h5-9,14-16,19H,1,10-11H2,2-4H3/t14-,15-,16+/m0/s1. The Morgan fingerprint density at radius 1 is 1.33 bits per heavy atom. The maximum Gasteiger partial charge on any atom is 0.335 e. The summed E-state index contributed by atoms with van der Waals surface area (Å²) in [5.41, 5.74) is 0.962. The molecule has 0 bridgehead atoms. The van der Waals surface area contributed by atoms with E-state index in [2.05, 4.69) is 11.3 Å². The summed E-state index contributed by atoms with van der Waals surface area (Å²) < 4.78 is 21.8. The molecule has 0 aromatic heterocycles. The van der Waals surface area contributed by atoms with Crippen LogP contribution in [-0.2, 0) is 30.3 Å². The van der Waals surface area contributed by atoms with Gasteiger partial charge in [0.25, 0.3) is 0 Å². The summed E-state index contributed by atoms with van der Waals surface area (Å²) in [5, 5.41) is 10.4. The number of hydrogen-bond donors (Lipinski definition) is 1. The van der Waals surface area contributed by atoms with Crippen LogP contribution in [0.4, 0.5) is 0 Å². The van der Waals surface area contributed by atoms with E-state index in [1.807, 2.05) is 30.3 Å². The van der Waals surface area contributed by atoms with Gasteiger partial charge in [0, 0.05) is 0 Å². The van der Waals surface area contributed by atoms with Gasteiger partial charge in [-0.3, -0.25) is 0 Å². The van der Waals surface area contributed by atoms with E-state index in [1.54, 1.807) is 13.8 Å². The minimum Gasteiger partial charge on any atom is -0.466 e. The van der Waals surface area contributed by atoms with Crippen molar-refractivity contribution in [2.24, 2.45) is 0 Å². The monoisotopic (exact) mass is 336 g/mol. The SMILES string of the molecule is C=C(C(=O)OC)[C@H](O)[C@@H]1OC(C)(C)O[C@H]1COCc1ccccc1. The second-order valence-electron chi connectivity index (χ2n) is 6.10. The van der Waals surface area contributed by atoms with Gasteiger partial charge in [-0.25, -0.2) is 4.79 Å². The maximum absolute atomic E-state index is 11.6. The molecule has 0 unspecified atom stereocenters. The third-order valence-electron chi connectivity index (χ3n) is 3.73. The fraction of sp³-hybridized carbons (Fsp3) is 0.500. The van der Waals surface area contributed by atoms with Gasteiger partial charge in [-0.05, 0) is 19.4 Å². The Hall–Kier alpha value is -1.73. The Kier molecular flexibility index (Phi) is 6.12. The smallest absolute Gasteiger partial charge is 0.335 e. The van der Waals surface area contributed by atoms with Crippen LogP contribution < -0.4 is 0 Å². The molecule has 6 heteroatoms. The van der Waals surface area contributed by atoms with Crippen molar-refractivity contribution in [2.45, 2.75) is 44.6 Å². The molecular weight excluding hydrogens is 312 g/mol. The molecule has 2 rings (SSSR count). The lowest BCUT2D eigenvalue weighted by Crippen LogP contribution is -2.40. The molecule has 0 spiro atoms. The van der Waals surface area contributed by atoms with Gasteiger partial charge >= 0.3 is 5.97 Å². The van der Waals surface area contributed by atoms with Crippen LogP contribution in [0.15, 0.2) is 42.5 Å². The van der Waals surface area contributed by atoms with Crippen LogP contribution in [0.3, 0.4) is 0 Å². The molecule has 0 aliphatic carbocycles. The zero-order valence-electron chi connectivity index (χ0n) is 14.2. The Balaban J connectivity index is 1.97. The van der Waals surface area contributed by atoms with Crippen LogP contribution in [0, 0.1) is 0 Å². The third kappa shape index (κ3) is 4.64. The Morgan fingerprint density at radius 3 is 2.62 bits per heavy atom. The van der Waals surface area contributed by atoms with E-state index in [1.165, 1.54) is 7.11 Å². The predicted octanol–water partition coefficient (Wildman–Crippen LogP) is 1.81. The number of methoxy groups -OCH3 is 1. The summed E-state index contributed by atoms with van der Waals surface area (Å²) in [6.45, 7) is 7.70. The van der Waals surface area contributed by atoms with E-state index in [0.717, 1.165) is 5.56 Å². The van der Waals surface area contributed by atoms with Gasteiger partial charge in [0.05, 0.1) is 25.9 Å². The molecule has 6 nitrogen and oxygen atoms in total. The average molecular weight is 336 g/mol. The minimum atomic E-state index is -1.23. The van der Waals surface area contributed by atoms with E-state index >= 15 is 0 Å². The summed E-state index contributed by atoms with van der Waals surface area (Å²) in [5.74, 6) is -1.57. The highest BCUT2D eigenvalue weighted by Crippen LogP contribution is 2.32. The molecule has 1 aliphatic heterocycles. The van der Waals surface area contributed by atoms with Crippen molar-refractivity contribution < 1.29 is 28.8 Å². The van der Waals surface area contributed by atoms with Crippen molar-refractivity contribution >= 4 is 5.97 Å². The molecular formula is C18H24O6. The third-order valence-corrected chi connectivity index (χ3v) is 3.73. The van der Waals surface area contributed by atoms with Gasteiger partial charge in [-0.1, -0.05) is 36.9 Å². The van der Waals surface area contributed by atoms with E-state index in [9.17, 15) is 9.90 Å². The molecule has 0 amide bonds. The summed E-state index contributed by atoms with van der Waals surface area (Å²) in [6.07, 6.45) is -2.52. The second-order valence-corrected chi connectivity index (χ2v) is 6.10. The van der Waals surface area contributed by atoms with Crippen molar-refractivity contribution in [3.8, 4) is 0 Å². The van der Waals surface area contributed by atoms with Gasteiger partial charge in [-0.2, -0.15) is 0 Å². The number of aliphatic hydroxyl groups excluding tert-OH is 1. The van der Waals surface area contributed by atoms with E-state index < -0.39 is 30.1 Å².